The summed E-state index contributed by atoms with van der Waals surface area (Å²) in [6.07, 6.45) is 22.1. The van der Waals surface area contributed by atoms with Gasteiger partial charge in [-0.25, -0.2) is 0 Å². The predicted molar refractivity (Wildman–Crippen MR) is 194 cm³/mol. The maximum Gasteiger partial charge on any atom is 0.0561 e. The number of aromatic amines is 4. The number of H-pyrrole nitrogens is 4. The SMILES string of the molecule is C(=NCCCN(CCCCN(CCCN=Cc1ccc[nH]1)CCCN=Cc1ccc[nH]1)CCCN=Cc1ccc[nH]1)c1ccc[nH]1. The Kier molecular flexibility index (Phi) is 16.7. The molecule has 0 saturated heterocycles. The Balaban J connectivity index is 1.18. The normalized spacial score (nSPS) is 12.5. The molecule has 4 aromatic heterocycles. The summed E-state index contributed by atoms with van der Waals surface area (Å²) in [6, 6.07) is 16.2. The van der Waals surface area contributed by atoms with Crippen LogP contribution in [0.4, 0.5) is 0 Å². The highest BCUT2D eigenvalue weighted by molar-refractivity contribution is 5.78. The van der Waals surface area contributed by atoms with Gasteiger partial charge in [-0.05, 0) is 126 Å². The lowest BCUT2D eigenvalue weighted by Crippen LogP contribution is -2.31. The monoisotopic (exact) mass is 624 g/mol. The number of rotatable bonds is 25. The quantitative estimate of drug-likeness (QED) is 0.0557. The molecular formula is C36H52N10. The molecule has 0 bridgehead atoms. The molecule has 4 rings (SSSR count). The van der Waals surface area contributed by atoms with Crippen LogP contribution in [0.25, 0.3) is 0 Å². The molecule has 0 aromatic carbocycles. The fourth-order valence-corrected chi connectivity index (χ4v) is 5.23. The Labute approximate surface area is 274 Å². The first-order chi connectivity index (χ1) is 22.8. The van der Waals surface area contributed by atoms with Crippen molar-refractivity contribution < 1.29 is 0 Å². The van der Waals surface area contributed by atoms with E-state index in [-0.39, 0.29) is 0 Å². The van der Waals surface area contributed by atoms with Crippen LogP contribution in [0.5, 0.6) is 0 Å². The molecule has 46 heavy (non-hydrogen) atoms. The lowest BCUT2D eigenvalue weighted by molar-refractivity contribution is 0.237. The van der Waals surface area contributed by atoms with E-state index in [4.69, 9.17) is 0 Å². The standard InChI is InChI=1S/C36H52N10/c1(23-45(25-7-15-37-29-33-11-3-19-41-33)26-8-16-38-30-34-12-4-20-42-34)2-24-46(27-9-17-39-31-35-13-5-21-43-35)28-10-18-40-32-36-14-6-22-44-36/h3-6,11-14,19-22,29-32,41-44H,1-2,7-10,15-18,23-28H2. The number of hydrogen-bond acceptors (Lipinski definition) is 6. The molecule has 246 valence electrons. The van der Waals surface area contributed by atoms with Crippen LogP contribution in [0.1, 0.15) is 61.3 Å². The third-order valence-corrected chi connectivity index (χ3v) is 7.65. The highest BCUT2D eigenvalue weighted by Crippen LogP contribution is 2.05. The Hall–Kier alpha value is -4.28. The topological polar surface area (TPSA) is 119 Å². The van der Waals surface area contributed by atoms with Crippen molar-refractivity contribution in [3.05, 3.63) is 96.1 Å². The van der Waals surface area contributed by atoms with E-state index in [0.717, 1.165) is 114 Å². The van der Waals surface area contributed by atoms with E-state index >= 15 is 0 Å². The maximum atomic E-state index is 4.62. The highest BCUT2D eigenvalue weighted by Gasteiger charge is 2.08. The zero-order chi connectivity index (χ0) is 31.7. The van der Waals surface area contributed by atoms with E-state index in [1.54, 1.807) is 0 Å². The van der Waals surface area contributed by atoms with Gasteiger partial charge in [0.15, 0.2) is 0 Å². The van der Waals surface area contributed by atoms with Gasteiger partial charge in [-0.3, -0.25) is 20.0 Å². The Morgan fingerprint density at radius 2 is 0.652 bits per heavy atom. The summed E-state index contributed by atoms with van der Waals surface area (Å²) < 4.78 is 0. The van der Waals surface area contributed by atoms with Gasteiger partial charge < -0.3 is 29.7 Å². The number of unbranched alkanes of at least 4 members (excludes halogenated alkanes) is 1. The van der Waals surface area contributed by atoms with Crippen molar-refractivity contribution in [2.45, 2.75) is 38.5 Å². The van der Waals surface area contributed by atoms with Gasteiger partial charge in [-0.15, -0.1) is 0 Å². The minimum atomic E-state index is 0.840. The lowest BCUT2D eigenvalue weighted by Gasteiger charge is -2.24. The molecular weight excluding hydrogens is 572 g/mol. The predicted octanol–water partition coefficient (Wildman–Crippen LogP) is 5.72. The van der Waals surface area contributed by atoms with Crippen LogP contribution < -0.4 is 0 Å². The van der Waals surface area contributed by atoms with Crippen LogP contribution in [0.3, 0.4) is 0 Å². The average molecular weight is 625 g/mol. The van der Waals surface area contributed by atoms with Crippen molar-refractivity contribution in [3.8, 4) is 0 Å². The molecule has 4 heterocycles. The number of aliphatic imine (C=N–C) groups is 4. The average Bonchev–Trinajstić information content (AvgIpc) is 3.91. The van der Waals surface area contributed by atoms with Crippen LogP contribution in [-0.2, 0) is 0 Å². The van der Waals surface area contributed by atoms with Crippen molar-refractivity contribution in [3.63, 3.8) is 0 Å². The summed E-state index contributed by atoms with van der Waals surface area (Å²) in [4.78, 5) is 36.4. The van der Waals surface area contributed by atoms with Crippen molar-refractivity contribution >= 4 is 24.9 Å². The molecule has 0 aliphatic rings. The van der Waals surface area contributed by atoms with Crippen LogP contribution in [0.15, 0.2) is 93.3 Å². The molecule has 0 aliphatic heterocycles. The van der Waals surface area contributed by atoms with Gasteiger partial charge in [0.1, 0.15) is 0 Å². The molecule has 0 radical (unpaired) electrons. The van der Waals surface area contributed by atoms with Crippen molar-refractivity contribution in [1.82, 2.24) is 29.7 Å². The van der Waals surface area contributed by atoms with Gasteiger partial charge in [0.2, 0.25) is 0 Å². The fraction of sp³-hybridized carbons (Fsp3) is 0.444. The third kappa shape index (κ3) is 15.1. The van der Waals surface area contributed by atoms with Gasteiger partial charge in [0.25, 0.3) is 0 Å². The molecule has 0 unspecified atom stereocenters. The van der Waals surface area contributed by atoms with E-state index < -0.39 is 0 Å². The molecule has 0 fully saturated rings. The maximum absolute atomic E-state index is 4.62. The molecule has 10 nitrogen and oxygen atoms in total. The number of aromatic nitrogens is 4. The minimum Gasteiger partial charge on any atom is -0.360 e. The largest absolute Gasteiger partial charge is 0.360 e. The van der Waals surface area contributed by atoms with Gasteiger partial charge in [0, 0.05) is 75.8 Å². The zero-order valence-electron chi connectivity index (χ0n) is 27.2. The molecule has 4 N–H and O–H groups in total. The Morgan fingerprint density at radius 3 is 0.891 bits per heavy atom. The van der Waals surface area contributed by atoms with Gasteiger partial charge in [-0.1, -0.05) is 0 Å². The smallest absolute Gasteiger partial charge is 0.0561 e. The molecule has 0 aliphatic carbocycles. The third-order valence-electron chi connectivity index (χ3n) is 7.65. The van der Waals surface area contributed by atoms with E-state index in [1.165, 1.54) is 12.8 Å². The van der Waals surface area contributed by atoms with Gasteiger partial charge in [0.05, 0.1) is 22.8 Å². The van der Waals surface area contributed by atoms with Gasteiger partial charge >= 0.3 is 0 Å². The van der Waals surface area contributed by atoms with Crippen LogP contribution in [0, 0.1) is 0 Å². The second-order valence-electron chi connectivity index (χ2n) is 11.4. The van der Waals surface area contributed by atoms with E-state index in [2.05, 4.69) is 49.7 Å². The van der Waals surface area contributed by atoms with Crippen molar-refractivity contribution in [2.75, 3.05) is 65.4 Å². The first kappa shape index (κ1) is 34.6. The molecule has 0 saturated carbocycles. The van der Waals surface area contributed by atoms with Gasteiger partial charge in [-0.2, -0.15) is 0 Å². The van der Waals surface area contributed by atoms with Crippen LogP contribution >= 0.6 is 0 Å². The van der Waals surface area contributed by atoms with Crippen molar-refractivity contribution in [2.24, 2.45) is 20.0 Å². The van der Waals surface area contributed by atoms with E-state index in [0.29, 0.717) is 0 Å². The molecule has 10 heteroatoms. The minimum absolute atomic E-state index is 0.840. The summed E-state index contributed by atoms with van der Waals surface area (Å²) in [5, 5.41) is 0. The highest BCUT2D eigenvalue weighted by atomic mass is 15.1. The molecule has 0 atom stereocenters. The summed E-state index contributed by atoms with van der Waals surface area (Å²) in [5.41, 5.74) is 4.23. The Bertz CT molecular complexity index is 1140. The first-order valence-electron chi connectivity index (χ1n) is 16.8. The molecule has 4 aromatic rings. The summed E-state index contributed by atoms with van der Waals surface area (Å²) in [6.45, 7) is 9.81. The van der Waals surface area contributed by atoms with Crippen molar-refractivity contribution in [1.29, 1.82) is 0 Å². The first-order valence-corrected chi connectivity index (χ1v) is 16.8. The van der Waals surface area contributed by atoms with Crippen LogP contribution in [-0.4, -0.2) is 120 Å². The van der Waals surface area contributed by atoms with E-state index in [9.17, 15) is 0 Å². The molecule has 0 amide bonds. The summed E-state index contributed by atoms with van der Waals surface area (Å²) in [7, 11) is 0. The summed E-state index contributed by atoms with van der Waals surface area (Å²) >= 11 is 0. The Morgan fingerprint density at radius 1 is 0.391 bits per heavy atom. The summed E-state index contributed by atoms with van der Waals surface area (Å²) in [5.74, 6) is 0. The number of nitrogens with one attached hydrogen (secondary N) is 4. The zero-order valence-corrected chi connectivity index (χ0v) is 27.2. The second-order valence-corrected chi connectivity index (χ2v) is 11.4. The fourth-order valence-electron chi connectivity index (χ4n) is 5.23. The second kappa shape index (κ2) is 22.3. The number of hydrogen-bond donors (Lipinski definition) is 4. The number of nitrogens with zero attached hydrogens (tertiary/aromatic N) is 6. The lowest BCUT2D eigenvalue weighted by atomic mass is 10.2. The molecule has 0 spiro atoms. The van der Waals surface area contributed by atoms with E-state index in [1.807, 2.05) is 98.2 Å². The van der Waals surface area contributed by atoms with Crippen LogP contribution in [0.2, 0.25) is 0 Å².